The Hall–Kier alpha value is -0.800. The molecule has 1 fully saturated rings. The third kappa shape index (κ3) is 2.16. The second-order valence-corrected chi connectivity index (χ2v) is 4.13. The second kappa shape index (κ2) is 3.41. The van der Waals surface area contributed by atoms with Crippen molar-refractivity contribution < 1.29 is 9.13 Å². The van der Waals surface area contributed by atoms with E-state index in [1.165, 1.54) is 12.1 Å². The van der Waals surface area contributed by atoms with Gasteiger partial charge in [-0.2, -0.15) is 0 Å². The van der Waals surface area contributed by atoms with Gasteiger partial charge in [0.05, 0.1) is 10.6 Å². The monoisotopic (exact) mass is 215 g/mol. The van der Waals surface area contributed by atoms with Crippen LogP contribution < -0.4 is 10.5 Å². The standard InChI is InChI=1S/C10H11ClFNO/c11-8-2-1-7(5-9(8)12)14-6-10(13)3-4-10/h1-2,5H,3-4,6,13H2. The summed E-state index contributed by atoms with van der Waals surface area (Å²) < 4.78 is 18.3. The minimum absolute atomic E-state index is 0.103. The van der Waals surface area contributed by atoms with Gasteiger partial charge in [-0.15, -0.1) is 0 Å². The van der Waals surface area contributed by atoms with Crippen LogP contribution in [0.3, 0.4) is 0 Å². The molecular weight excluding hydrogens is 205 g/mol. The number of benzene rings is 1. The van der Waals surface area contributed by atoms with Crippen LogP contribution >= 0.6 is 11.6 Å². The third-order valence-corrected chi connectivity index (χ3v) is 2.62. The summed E-state index contributed by atoms with van der Waals surface area (Å²) in [4.78, 5) is 0. The first-order chi connectivity index (χ1) is 6.59. The van der Waals surface area contributed by atoms with Crippen molar-refractivity contribution in [1.82, 2.24) is 0 Å². The van der Waals surface area contributed by atoms with E-state index >= 15 is 0 Å². The summed E-state index contributed by atoms with van der Waals surface area (Å²) in [5.74, 6) is 0.00894. The predicted octanol–water partition coefficient (Wildman–Crippen LogP) is 2.35. The van der Waals surface area contributed by atoms with Crippen LogP contribution in [0.15, 0.2) is 18.2 Å². The van der Waals surface area contributed by atoms with Gasteiger partial charge >= 0.3 is 0 Å². The first-order valence-electron chi connectivity index (χ1n) is 4.46. The largest absolute Gasteiger partial charge is 0.492 e. The lowest BCUT2D eigenvalue weighted by Gasteiger charge is -2.11. The zero-order chi connectivity index (χ0) is 10.2. The van der Waals surface area contributed by atoms with Crippen molar-refractivity contribution in [3.05, 3.63) is 29.0 Å². The average Bonchev–Trinajstić information content (AvgIpc) is 2.87. The molecule has 0 unspecified atom stereocenters. The molecule has 1 aliphatic carbocycles. The predicted molar refractivity (Wildman–Crippen MR) is 53.1 cm³/mol. The molecule has 0 bridgehead atoms. The van der Waals surface area contributed by atoms with E-state index in [0.29, 0.717) is 12.4 Å². The van der Waals surface area contributed by atoms with Crippen LogP contribution in [0.2, 0.25) is 5.02 Å². The average molecular weight is 216 g/mol. The van der Waals surface area contributed by atoms with E-state index in [0.717, 1.165) is 12.8 Å². The van der Waals surface area contributed by atoms with Crippen molar-refractivity contribution >= 4 is 11.6 Å². The summed E-state index contributed by atoms with van der Waals surface area (Å²) in [6, 6.07) is 4.38. The molecule has 14 heavy (non-hydrogen) atoms. The number of hydrogen-bond acceptors (Lipinski definition) is 2. The van der Waals surface area contributed by atoms with Crippen LogP contribution in [-0.2, 0) is 0 Å². The molecule has 2 N–H and O–H groups in total. The molecule has 1 aliphatic rings. The van der Waals surface area contributed by atoms with E-state index in [4.69, 9.17) is 22.1 Å². The molecule has 1 aromatic rings. The van der Waals surface area contributed by atoms with Gasteiger partial charge < -0.3 is 10.5 Å². The lowest BCUT2D eigenvalue weighted by molar-refractivity contribution is 0.278. The molecule has 0 aromatic heterocycles. The second-order valence-electron chi connectivity index (χ2n) is 3.73. The maximum Gasteiger partial charge on any atom is 0.145 e. The summed E-state index contributed by atoms with van der Waals surface area (Å²) in [7, 11) is 0. The van der Waals surface area contributed by atoms with E-state index < -0.39 is 5.82 Å². The van der Waals surface area contributed by atoms with Crippen molar-refractivity contribution in [2.45, 2.75) is 18.4 Å². The van der Waals surface area contributed by atoms with Crippen molar-refractivity contribution in [3.63, 3.8) is 0 Å². The first-order valence-corrected chi connectivity index (χ1v) is 4.84. The van der Waals surface area contributed by atoms with E-state index in [1.54, 1.807) is 6.07 Å². The highest BCUT2D eigenvalue weighted by Crippen LogP contribution is 2.33. The molecule has 0 radical (unpaired) electrons. The molecule has 2 rings (SSSR count). The van der Waals surface area contributed by atoms with Gasteiger partial charge in [0.1, 0.15) is 18.2 Å². The topological polar surface area (TPSA) is 35.2 Å². The number of nitrogens with two attached hydrogens (primary N) is 1. The highest BCUT2D eigenvalue weighted by Gasteiger charge is 2.39. The van der Waals surface area contributed by atoms with Crippen LogP contribution in [0, 0.1) is 5.82 Å². The fourth-order valence-corrected chi connectivity index (χ4v) is 1.22. The van der Waals surface area contributed by atoms with Gasteiger partial charge in [0.2, 0.25) is 0 Å². The van der Waals surface area contributed by atoms with Crippen LogP contribution in [-0.4, -0.2) is 12.1 Å². The van der Waals surface area contributed by atoms with E-state index in [-0.39, 0.29) is 10.6 Å². The molecule has 0 spiro atoms. The molecule has 1 saturated carbocycles. The van der Waals surface area contributed by atoms with E-state index in [9.17, 15) is 4.39 Å². The van der Waals surface area contributed by atoms with Crippen LogP contribution in [0.25, 0.3) is 0 Å². The summed E-state index contributed by atoms with van der Waals surface area (Å²) in [5, 5.41) is 0.103. The Bertz CT molecular complexity index is 352. The summed E-state index contributed by atoms with van der Waals surface area (Å²) >= 11 is 5.53. The Morgan fingerprint density at radius 2 is 2.21 bits per heavy atom. The number of halogens is 2. The van der Waals surface area contributed by atoms with Crippen molar-refractivity contribution in [2.24, 2.45) is 5.73 Å². The third-order valence-electron chi connectivity index (χ3n) is 2.31. The van der Waals surface area contributed by atoms with Crippen LogP contribution in [0.1, 0.15) is 12.8 Å². The molecule has 1 aromatic carbocycles. The normalized spacial score (nSPS) is 17.9. The molecular formula is C10H11ClFNO. The molecule has 2 nitrogen and oxygen atoms in total. The van der Waals surface area contributed by atoms with Gasteiger partial charge in [-0.3, -0.25) is 0 Å². The van der Waals surface area contributed by atoms with Crippen molar-refractivity contribution in [2.75, 3.05) is 6.61 Å². The summed E-state index contributed by atoms with van der Waals surface area (Å²) in [6.45, 7) is 0.439. The minimum atomic E-state index is -0.467. The minimum Gasteiger partial charge on any atom is -0.492 e. The van der Waals surface area contributed by atoms with E-state index in [1.807, 2.05) is 0 Å². The molecule has 0 saturated heterocycles. The molecule has 76 valence electrons. The summed E-state index contributed by atoms with van der Waals surface area (Å²) in [5.41, 5.74) is 5.63. The highest BCUT2D eigenvalue weighted by molar-refractivity contribution is 6.30. The maximum atomic E-state index is 13.0. The zero-order valence-corrected chi connectivity index (χ0v) is 8.35. The smallest absolute Gasteiger partial charge is 0.145 e. The fourth-order valence-electron chi connectivity index (χ4n) is 1.10. The van der Waals surface area contributed by atoms with E-state index in [2.05, 4.69) is 0 Å². The lowest BCUT2D eigenvalue weighted by atomic mass is 10.3. The molecule has 0 amide bonds. The molecule has 4 heteroatoms. The maximum absolute atomic E-state index is 13.0. The van der Waals surface area contributed by atoms with Crippen molar-refractivity contribution in [3.8, 4) is 5.75 Å². The SMILES string of the molecule is NC1(COc2ccc(Cl)c(F)c2)CC1. The fraction of sp³-hybridized carbons (Fsp3) is 0.400. The Balaban J connectivity index is 1.99. The van der Waals surface area contributed by atoms with Gasteiger partial charge in [0, 0.05) is 6.07 Å². The van der Waals surface area contributed by atoms with Gasteiger partial charge in [0.15, 0.2) is 0 Å². The Kier molecular flexibility index (Phi) is 2.37. The summed E-state index contributed by atoms with van der Waals surface area (Å²) in [6.07, 6.45) is 1.95. The Labute approximate surface area is 86.8 Å². The number of rotatable bonds is 3. The molecule has 0 aliphatic heterocycles. The van der Waals surface area contributed by atoms with Crippen LogP contribution in [0.4, 0.5) is 4.39 Å². The van der Waals surface area contributed by atoms with Crippen molar-refractivity contribution in [1.29, 1.82) is 0 Å². The van der Waals surface area contributed by atoms with Gasteiger partial charge in [-0.05, 0) is 25.0 Å². The first kappa shape index (κ1) is 9.74. The zero-order valence-electron chi connectivity index (χ0n) is 7.59. The lowest BCUT2D eigenvalue weighted by Crippen LogP contribution is -2.29. The quantitative estimate of drug-likeness (QED) is 0.840. The van der Waals surface area contributed by atoms with Gasteiger partial charge in [-0.25, -0.2) is 4.39 Å². The Morgan fingerprint density at radius 3 is 2.79 bits per heavy atom. The molecule has 0 heterocycles. The highest BCUT2D eigenvalue weighted by atomic mass is 35.5. The van der Waals surface area contributed by atoms with Gasteiger partial charge in [-0.1, -0.05) is 11.6 Å². The van der Waals surface area contributed by atoms with Gasteiger partial charge in [0.25, 0.3) is 0 Å². The Morgan fingerprint density at radius 1 is 1.50 bits per heavy atom. The van der Waals surface area contributed by atoms with Crippen LogP contribution in [0.5, 0.6) is 5.75 Å². The number of hydrogen-bond donors (Lipinski definition) is 1. The number of ether oxygens (including phenoxy) is 1. The molecule has 0 atom stereocenters.